The Kier molecular flexibility index (Phi) is 6.66. The summed E-state index contributed by atoms with van der Waals surface area (Å²) in [7, 11) is 0. The Labute approximate surface area is 184 Å². The average Bonchev–Trinajstić information content (AvgIpc) is 3.23. The molecule has 2 aromatic heterocycles. The minimum Gasteiger partial charge on any atom is -0.338 e. The largest absolute Gasteiger partial charge is 0.338 e. The Morgan fingerprint density at radius 2 is 1.93 bits per heavy atom. The first-order valence-corrected chi connectivity index (χ1v) is 11.2. The molecule has 4 rings (SSSR count). The fourth-order valence-corrected chi connectivity index (χ4v) is 4.05. The van der Waals surface area contributed by atoms with Gasteiger partial charge in [0.25, 0.3) is 5.91 Å². The number of amides is 1. The summed E-state index contributed by atoms with van der Waals surface area (Å²) < 4.78 is 5.41. The zero-order valence-corrected chi connectivity index (χ0v) is 18.2. The minimum atomic E-state index is 0.0535. The van der Waals surface area contributed by atoms with Gasteiger partial charge in [-0.15, -0.1) is 11.8 Å². The van der Waals surface area contributed by atoms with Gasteiger partial charge in [0.05, 0.1) is 11.6 Å². The van der Waals surface area contributed by atoms with Crippen LogP contribution in [0.3, 0.4) is 0 Å². The number of halogens is 1. The summed E-state index contributed by atoms with van der Waals surface area (Å²) in [5.41, 5.74) is 1.56. The highest BCUT2D eigenvalue weighted by Crippen LogP contribution is 2.20. The van der Waals surface area contributed by atoms with Crippen LogP contribution in [0.2, 0.25) is 5.02 Å². The summed E-state index contributed by atoms with van der Waals surface area (Å²) in [6, 6.07) is 11.0. The Morgan fingerprint density at radius 1 is 1.17 bits per heavy atom. The summed E-state index contributed by atoms with van der Waals surface area (Å²) in [5.74, 6) is 2.10. The van der Waals surface area contributed by atoms with Crippen molar-refractivity contribution in [2.45, 2.75) is 18.5 Å². The maximum absolute atomic E-state index is 12.8. The standard InChI is InChI=1S/C21H22ClN5O2S/c1-2-30-19-13-16(7-8-23-19)21(28)27-11-9-26(10-12-27)14-18-24-20(25-29-18)15-3-5-17(22)6-4-15/h3-8,13H,2,9-12,14H2,1H3. The third kappa shape index (κ3) is 5.00. The Balaban J connectivity index is 1.32. The van der Waals surface area contributed by atoms with Gasteiger partial charge in [-0.1, -0.05) is 23.7 Å². The number of aromatic nitrogens is 3. The summed E-state index contributed by atoms with van der Waals surface area (Å²) in [4.78, 5) is 25.7. The second-order valence-electron chi connectivity index (χ2n) is 6.90. The number of benzene rings is 1. The summed E-state index contributed by atoms with van der Waals surface area (Å²) >= 11 is 7.56. The lowest BCUT2D eigenvalue weighted by Gasteiger charge is -2.34. The van der Waals surface area contributed by atoms with Gasteiger partial charge in [-0.2, -0.15) is 4.98 Å². The molecule has 3 heterocycles. The number of nitrogens with zero attached hydrogens (tertiary/aromatic N) is 5. The van der Waals surface area contributed by atoms with Gasteiger partial charge in [0.2, 0.25) is 11.7 Å². The first-order chi connectivity index (χ1) is 14.6. The Morgan fingerprint density at radius 3 is 2.67 bits per heavy atom. The van der Waals surface area contributed by atoms with Crippen molar-refractivity contribution in [1.82, 2.24) is 24.9 Å². The summed E-state index contributed by atoms with van der Waals surface area (Å²) in [6.45, 7) is 5.47. The van der Waals surface area contributed by atoms with Crippen LogP contribution < -0.4 is 0 Å². The van der Waals surface area contributed by atoms with Crippen molar-refractivity contribution >= 4 is 29.3 Å². The highest BCUT2D eigenvalue weighted by atomic mass is 35.5. The quantitative estimate of drug-likeness (QED) is 0.535. The number of carbonyl (C=O) groups excluding carboxylic acids is 1. The van der Waals surface area contributed by atoms with E-state index in [0.29, 0.717) is 41.9 Å². The number of thioether (sulfide) groups is 1. The zero-order chi connectivity index (χ0) is 20.9. The molecule has 1 fully saturated rings. The van der Waals surface area contributed by atoms with Crippen molar-refractivity contribution in [3.8, 4) is 11.4 Å². The molecule has 1 aliphatic heterocycles. The third-order valence-electron chi connectivity index (χ3n) is 4.86. The molecule has 0 radical (unpaired) electrons. The van der Waals surface area contributed by atoms with Crippen LogP contribution >= 0.6 is 23.4 Å². The van der Waals surface area contributed by atoms with E-state index in [4.69, 9.17) is 16.1 Å². The number of rotatable bonds is 6. The van der Waals surface area contributed by atoms with Gasteiger partial charge in [0, 0.05) is 48.5 Å². The lowest BCUT2D eigenvalue weighted by atomic mass is 10.2. The molecule has 156 valence electrons. The van der Waals surface area contributed by atoms with Crippen LogP contribution in [-0.4, -0.2) is 62.8 Å². The zero-order valence-electron chi connectivity index (χ0n) is 16.6. The van der Waals surface area contributed by atoms with E-state index in [1.807, 2.05) is 23.1 Å². The number of hydrogen-bond acceptors (Lipinski definition) is 7. The molecule has 0 N–H and O–H groups in total. The molecule has 0 aliphatic carbocycles. The number of hydrogen-bond donors (Lipinski definition) is 0. The molecule has 1 saturated heterocycles. The van der Waals surface area contributed by atoms with Crippen molar-refractivity contribution in [2.75, 3.05) is 31.9 Å². The van der Waals surface area contributed by atoms with Crippen molar-refractivity contribution in [3.63, 3.8) is 0 Å². The molecule has 0 saturated carbocycles. The number of pyridine rings is 1. The lowest BCUT2D eigenvalue weighted by Crippen LogP contribution is -2.48. The minimum absolute atomic E-state index is 0.0535. The van der Waals surface area contributed by atoms with Crippen molar-refractivity contribution in [2.24, 2.45) is 0 Å². The van der Waals surface area contributed by atoms with Crippen LogP contribution in [-0.2, 0) is 6.54 Å². The van der Waals surface area contributed by atoms with Gasteiger partial charge in [-0.3, -0.25) is 9.69 Å². The predicted molar refractivity (Wildman–Crippen MR) is 117 cm³/mol. The molecular weight excluding hydrogens is 422 g/mol. The smallest absolute Gasteiger partial charge is 0.254 e. The van der Waals surface area contributed by atoms with Crippen LogP contribution in [0.25, 0.3) is 11.4 Å². The molecular formula is C21H22ClN5O2S. The van der Waals surface area contributed by atoms with Crippen molar-refractivity contribution < 1.29 is 9.32 Å². The van der Waals surface area contributed by atoms with E-state index < -0.39 is 0 Å². The molecule has 1 amide bonds. The SMILES string of the molecule is CCSc1cc(C(=O)N2CCN(Cc3nc(-c4ccc(Cl)cc4)no3)CC2)ccn1. The van der Waals surface area contributed by atoms with Crippen LogP contribution in [0.4, 0.5) is 0 Å². The Hall–Kier alpha value is -2.42. The van der Waals surface area contributed by atoms with Gasteiger partial charge < -0.3 is 9.42 Å². The van der Waals surface area contributed by atoms with Gasteiger partial charge in [-0.05, 0) is 42.2 Å². The lowest BCUT2D eigenvalue weighted by molar-refractivity contribution is 0.0614. The maximum atomic E-state index is 12.8. The van der Waals surface area contributed by atoms with Gasteiger partial charge in [-0.25, -0.2) is 4.98 Å². The molecule has 3 aromatic rings. The monoisotopic (exact) mass is 443 g/mol. The molecule has 1 aromatic carbocycles. The van der Waals surface area contributed by atoms with E-state index in [2.05, 4.69) is 26.9 Å². The number of carbonyl (C=O) groups is 1. The highest BCUT2D eigenvalue weighted by Gasteiger charge is 2.24. The van der Waals surface area contributed by atoms with E-state index in [1.54, 1.807) is 36.2 Å². The van der Waals surface area contributed by atoms with Gasteiger partial charge in [0.15, 0.2) is 0 Å². The van der Waals surface area contributed by atoms with Gasteiger partial charge in [0.1, 0.15) is 0 Å². The van der Waals surface area contributed by atoms with Crippen molar-refractivity contribution in [3.05, 3.63) is 59.1 Å². The highest BCUT2D eigenvalue weighted by molar-refractivity contribution is 7.99. The molecule has 0 atom stereocenters. The average molecular weight is 444 g/mol. The normalized spacial score (nSPS) is 14.8. The second-order valence-corrected chi connectivity index (χ2v) is 8.62. The maximum Gasteiger partial charge on any atom is 0.254 e. The van der Waals surface area contributed by atoms with E-state index in [-0.39, 0.29) is 5.91 Å². The van der Waals surface area contributed by atoms with Crippen LogP contribution in [0.5, 0.6) is 0 Å². The predicted octanol–water partition coefficient (Wildman–Crippen LogP) is 3.86. The molecule has 0 spiro atoms. The van der Waals surface area contributed by atoms with Crippen LogP contribution in [0.15, 0.2) is 52.1 Å². The Bertz CT molecular complexity index is 1000. The van der Waals surface area contributed by atoms with E-state index in [9.17, 15) is 4.79 Å². The second kappa shape index (κ2) is 9.59. The first kappa shape index (κ1) is 20.8. The summed E-state index contributed by atoms with van der Waals surface area (Å²) in [6.07, 6.45) is 1.70. The molecule has 7 nitrogen and oxygen atoms in total. The fraction of sp³-hybridized carbons (Fsp3) is 0.333. The topological polar surface area (TPSA) is 75.4 Å². The first-order valence-electron chi connectivity index (χ1n) is 9.81. The summed E-state index contributed by atoms with van der Waals surface area (Å²) in [5, 5.41) is 5.61. The third-order valence-corrected chi connectivity index (χ3v) is 5.92. The van der Waals surface area contributed by atoms with E-state index in [1.165, 1.54) is 0 Å². The molecule has 0 bridgehead atoms. The van der Waals surface area contributed by atoms with E-state index >= 15 is 0 Å². The molecule has 0 unspecified atom stereocenters. The van der Waals surface area contributed by atoms with E-state index in [0.717, 1.165) is 29.4 Å². The van der Waals surface area contributed by atoms with Gasteiger partial charge >= 0.3 is 0 Å². The fourth-order valence-electron chi connectivity index (χ4n) is 3.29. The molecule has 30 heavy (non-hydrogen) atoms. The van der Waals surface area contributed by atoms with Crippen LogP contribution in [0, 0.1) is 0 Å². The van der Waals surface area contributed by atoms with Crippen LogP contribution in [0.1, 0.15) is 23.2 Å². The number of piperazine rings is 1. The molecule has 9 heteroatoms. The van der Waals surface area contributed by atoms with Crippen molar-refractivity contribution in [1.29, 1.82) is 0 Å². The molecule has 1 aliphatic rings.